The van der Waals surface area contributed by atoms with Gasteiger partial charge in [-0.15, -0.1) is 0 Å². The Hall–Kier alpha value is -3.65. The summed E-state index contributed by atoms with van der Waals surface area (Å²) >= 11 is 0. The van der Waals surface area contributed by atoms with Crippen molar-refractivity contribution in [2.24, 2.45) is 5.92 Å². The molecule has 2 fully saturated rings. The summed E-state index contributed by atoms with van der Waals surface area (Å²) in [6.45, 7) is 16.1. The van der Waals surface area contributed by atoms with Gasteiger partial charge in [0.2, 0.25) is 18.1 Å². The van der Waals surface area contributed by atoms with Crippen LogP contribution in [0, 0.1) is 19.1 Å². The summed E-state index contributed by atoms with van der Waals surface area (Å²) in [5.41, 5.74) is 2.29. The summed E-state index contributed by atoms with van der Waals surface area (Å²) < 4.78 is 1.81. The molecule has 4 heterocycles. The quantitative estimate of drug-likeness (QED) is 0.717. The van der Waals surface area contributed by atoms with E-state index in [1.165, 1.54) is 0 Å². The van der Waals surface area contributed by atoms with E-state index >= 15 is 0 Å². The first-order valence-corrected chi connectivity index (χ1v) is 9.16. The Balaban J connectivity index is 1.51. The Morgan fingerprint density at radius 3 is 2.86 bits per heavy atom. The van der Waals surface area contributed by atoms with E-state index in [2.05, 4.69) is 24.8 Å². The van der Waals surface area contributed by atoms with Crippen LogP contribution in [0.2, 0.25) is 0 Å². The van der Waals surface area contributed by atoms with Crippen LogP contribution in [0.25, 0.3) is 31.9 Å². The molecular weight excluding hydrogens is 354 g/mol. The highest BCUT2D eigenvalue weighted by molar-refractivity contribution is 5.99. The first-order chi connectivity index (χ1) is 13.6. The number of hydrogen-bond acceptors (Lipinski definition) is 3. The lowest BCUT2D eigenvalue weighted by molar-refractivity contribution is -0.143. The predicted octanol–water partition coefficient (Wildman–Crippen LogP) is 2.84. The lowest BCUT2D eigenvalue weighted by atomic mass is 9.89. The SMILES string of the molecule is [C-]#[N+]CC1(n2cc(-c3c([N+]#[C-])cnc4[nH]ccc34)cn2)CN(C(=O)C2CC2)C1. The molecule has 0 spiro atoms. The first kappa shape index (κ1) is 16.5. The van der Waals surface area contributed by atoms with Gasteiger partial charge >= 0.3 is 0 Å². The molecule has 1 saturated carbocycles. The second kappa shape index (κ2) is 5.93. The second-order valence-electron chi connectivity index (χ2n) is 7.55. The largest absolute Gasteiger partial charge is 0.346 e. The Bertz CT molecular complexity index is 1170. The van der Waals surface area contributed by atoms with Gasteiger partial charge in [0.25, 0.3) is 0 Å². The molecule has 138 valence electrons. The molecule has 0 bridgehead atoms. The van der Waals surface area contributed by atoms with Crippen molar-refractivity contribution in [1.82, 2.24) is 24.6 Å². The molecule has 1 amide bonds. The number of aromatic nitrogens is 4. The average Bonchev–Trinajstić information content (AvgIpc) is 3.22. The van der Waals surface area contributed by atoms with Gasteiger partial charge in [-0.3, -0.25) is 14.5 Å². The topological polar surface area (TPSA) is 75.5 Å². The molecule has 0 atom stereocenters. The molecule has 2 aliphatic rings. The number of carbonyl (C=O) groups is 1. The number of pyridine rings is 1. The van der Waals surface area contributed by atoms with Crippen molar-refractivity contribution in [3.8, 4) is 11.1 Å². The molecule has 1 aliphatic heterocycles. The van der Waals surface area contributed by atoms with Crippen molar-refractivity contribution in [3.63, 3.8) is 0 Å². The summed E-state index contributed by atoms with van der Waals surface area (Å²) in [4.78, 5) is 28.7. The minimum absolute atomic E-state index is 0.180. The van der Waals surface area contributed by atoms with E-state index in [9.17, 15) is 4.79 Å². The van der Waals surface area contributed by atoms with Gasteiger partial charge in [-0.25, -0.2) is 11.4 Å². The van der Waals surface area contributed by atoms with E-state index in [4.69, 9.17) is 13.1 Å². The number of hydrogen-bond donors (Lipinski definition) is 1. The summed E-state index contributed by atoms with van der Waals surface area (Å²) in [6.07, 6.45) is 8.93. The Morgan fingerprint density at radius 1 is 1.32 bits per heavy atom. The molecule has 28 heavy (non-hydrogen) atoms. The van der Waals surface area contributed by atoms with Gasteiger partial charge in [-0.2, -0.15) is 5.10 Å². The summed E-state index contributed by atoms with van der Waals surface area (Å²) in [5.74, 6) is 0.380. The molecule has 8 heteroatoms. The Labute approximate surface area is 161 Å². The van der Waals surface area contributed by atoms with E-state index in [0.29, 0.717) is 18.8 Å². The van der Waals surface area contributed by atoms with Crippen LogP contribution < -0.4 is 0 Å². The zero-order valence-corrected chi connectivity index (χ0v) is 15.1. The molecular formula is C20H17N7O. The van der Waals surface area contributed by atoms with E-state index in [0.717, 1.165) is 35.0 Å². The minimum atomic E-state index is -0.493. The molecule has 0 unspecified atom stereocenters. The van der Waals surface area contributed by atoms with Crippen LogP contribution in [0.1, 0.15) is 12.8 Å². The van der Waals surface area contributed by atoms with Crippen LogP contribution in [0.4, 0.5) is 5.69 Å². The second-order valence-corrected chi connectivity index (χ2v) is 7.55. The Morgan fingerprint density at radius 2 is 2.14 bits per heavy atom. The fourth-order valence-corrected chi connectivity index (χ4v) is 3.97. The number of nitrogens with one attached hydrogen (secondary N) is 1. The third-order valence-electron chi connectivity index (χ3n) is 5.63. The number of nitrogens with zero attached hydrogens (tertiary/aromatic N) is 6. The molecule has 3 aromatic rings. The number of amides is 1. The maximum Gasteiger partial charge on any atom is 0.243 e. The van der Waals surface area contributed by atoms with E-state index < -0.39 is 5.54 Å². The molecule has 0 radical (unpaired) electrons. The van der Waals surface area contributed by atoms with E-state index in [1.807, 2.05) is 21.8 Å². The molecule has 1 saturated heterocycles. The van der Waals surface area contributed by atoms with Crippen LogP contribution >= 0.6 is 0 Å². The number of rotatable bonds is 4. The smallest absolute Gasteiger partial charge is 0.243 e. The third kappa shape index (κ3) is 2.39. The van der Waals surface area contributed by atoms with Crippen LogP contribution in [-0.4, -0.2) is 50.2 Å². The van der Waals surface area contributed by atoms with E-state index in [1.54, 1.807) is 18.6 Å². The van der Waals surface area contributed by atoms with Crippen LogP contribution in [0.5, 0.6) is 0 Å². The maximum atomic E-state index is 12.3. The molecule has 1 N–H and O–H groups in total. The van der Waals surface area contributed by atoms with Crippen molar-refractivity contribution >= 4 is 22.6 Å². The monoisotopic (exact) mass is 371 g/mol. The van der Waals surface area contributed by atoms with Crippen molar-refractivity contribution in [1.29, 1.82) is 0 Å². The summed E-state index contributed by atoms with van der Waals surface area (Å²) in [7, 11) is 0. The van der Waals surface area contributed by atoms with Crippen LogP contribution in [0.3, 0.4) is 0 Å². The van der Waals surface area contributed by atoms with Gasteiger partial charge in [0.1, 0.15) is 5.65 Å². The van der Waals surface area contributed by atoms with Gasteiger partial charge in [0, 0.05) is 41.0 Å². The zero-order chi connectivity index (χ0) is 19.3. The van der Waals surface area contributed by atoms with Gasteiger partial charge in [0.05, 0.1) is 25.9 Å². The first-order valence-electron chi connectivity index (χ1n) is 9.16. The lowest BCUT2D eigenvalue weighted by Crippen LogP contribution is -2.66. The summed E-state index contributed by atoms with van der Waals surface area (Å²) in [5, 5.41) is 5.40. The molecule has 3 aromatic heterocycles. The van der Waals surface area contributed by atoms with Gasteiger partial charge in [-0.1, -0.05) is 0 Å². The van der Waals surface area contributed by atoms with Gasteiger partial charge in [-0.05, 0) is 18.9 Å². The standard InChI is InChI=1S/C20H17N7O/c1-21-10-20(11-26(12-20)19(28)13-3-4-13)27-9-14(7-25-27)17-15-5-6-23-18(15)24-8-16(17)22-2/h5-9,13H,3-4,10-12H2,(H,23,24). The highest BCUT2D eigenvalue weighted by atomic mass is 16.2. The number of fused-ring (bicyclic) bond motifs is 1. The fraction of sp³-hybridized carbons (Fsp3) is 0.350. The van der Waals surface area contributed by atoms with Gasteiger partial charge < -0.3 is 14.7 Å². The number of carbonyl (C=O) groups excluding carboxylic acids is 1. The van der Waals surface area contributed by atoms with Gasteiger partial charge in [0.15, 0.2) is 5.54 Å². The minimum Gasteiger partial charge on any atom is -0.346 e. The summed E-state index contributed by atoms with van der Waals surface area (Å²) in [6, 6.07) is 1.90. The van der Waals surface area contributed by atoms with Crippen molar-refractivity contribution < 1.29 is 4.79 Å². The molecule has 0 aromatic carbocycles. The van der Waals surface area contributed by atoms with Crippen molar-refractivity contribution in [2.75, 3.05) is 19.6 Å². The third-order valence-corrected chi connectivity index (χ3v) is 5.63. The molecule has 8 nitrogen and oxygen atoms in total. The lowest BCUT2D eigenvalue weighted by Gasteiger charge is -2.47. The van der Waals surface area contributed by atoms with Crippen molar-refractivity contribution in [2.45, 2.75) is 18.4 Å². The normalized spacial score (nSPS) is 17.7. The highest BCUT2D eigenvalue weighted by Crippen LogP contribution is 2.39. The average molecular weight is 371 g/mol. The number of H-pyrrole nitrogens is 1. The zero-order valence-electron chi connectivity index (χ0n) is 15.1. The number of likely N-dealkylation sites (tertiary alicyclic amines) is 1. The molecule has 5 rings (SSSR count). The van der Waals surface area contributed by atoms with E-state index in [-0.39, 0.29) is 18.4 Å². The molecule has 1 aliphatic carbocycles. The maximum absolute atomic E-state index is 12.3. The predicted molar refractivity (Wildman–Crippen MR) is 102 cm³/mol. The fourth-order valence-electron chi connectivity index (χ4n) is 3.97. The van der Waals surface area contributed by atoms with Crippen molar-refractivity contribution in [3.05, 3.63) is 53.7 Å². The Kier molecular flexibility index (Phi) is 3.50. The highest BCUT2D eigenvalue weighted by Gasteiger charge is 2.52. The van der Waals surface area contributed by atoms with Crippen LogP contribution in [0.15, 0.2) is 30.9 Å². The number of aromatic amines is 1. The van der Waals surface area contributed by atoms with Crippen LogP contribution in [-0.2, 0) is 10.3 Å².